The zero-order chi connectivity index (χ0) is 49.5. The number of aliphatic hydroxyl groups is 2. The number of fused-ring (bicyclic) bond motifs is 2. The van der Waals surface area contributed by atoms with Crippen molar-refractivity contribution in [3.63, 3.8) is 0 Å². The van der Waals surface area contributed by atoms with Gasteiger partial charge in [-0.15, -0.1) is 0 Å². The van der Waals surface area contributed by atoms with E-state index in [2.05, 4.69) is 0 Å². The number of rotatable bonds is 11. The Morgan fingerprint density at radius 3 is 1.36 bits per heavy atom. The van der Waals surface area contributed by atoms with E-state index >= 15 is 0 Å². The van der Waals surface area contributed by atoms with E-state index in [0.29, 0.717) is 36.0 Å². The van der Waals surface area contributed by atoms with Crippen molar-refractivity contribution in [2.45, 2.75) is 143 Å². The normalized spacial score (nSPS) is 36.8. The Morgan fingerprint density at radius 1 is 0.507 bits per heavy atom. The molecule has 2 N–H and O–H groups in total. The minimum absolute atomic E-state index is 0.295. The minimum Gasteiger partial charge on any atom is -0.455 e. The van der Waals surface area contributed by atoms with Crippen LogP contribution in [0.5, 0.6) is 0 Å². The quantitative estimate of drug-likeness (QED) is 0.207. The number of hydrogen-bond acceptors (Lipinski definition) is 20. The molecule has 7 aliphatic rings. The first-order valence-electron chi connectivity index (χ1n) is 22.4. The minimum atomic E-state index is -1.14. The molecule has 20 nitrogen and oxygen atoms in total. The topological polar surface area (TPSA) is 246 Å². The summed E-state index contributed by atoms with van der Waals surface area (Å²) < 4.78 is 71.6. The maximum atomic E-state index is 12.3. The first-order valence-corrected chi connectivity index (χ1v) is 22.4. The van der Waals surface area contributed by atoms with E-state index in [1.54, 1.807) is 92.0 Å². The van der Waals surface area contributed by atoms with E-state index in [4.69, 9.17) is 61.6 Å². The number of hydrogen-bond donors (Lipinski definition) is 2. The second-order valence-electron chi connectivity index (χ2n) is 18.0. The maximum Gasteiger partial charge on any atom is 0.338 e. The monoisotopic (exact) mass is 964 g/mol. The van der Waals surface area contributed by atoms with Gasteiger partial charge in [0.25, 0.3) is 0 Å². The van der Waals surface area contributed by atoms with Gasteiger partial charge in [-0.2, -0.15) is 0 Å². The predicted octanol–water partition coefficient (Wildman–Crippen LogP) is 3.18. The fourth-order valence-corrected chi connectivity index (χ4v) is 9.20. The van der Waals surface area contributed by atoms with E-state index in [1.807, 2.05) is 19.9 Å². The molecular formula is C49H56O20. The van der Waals surface area contributed by atoms with Gasteiger partial charge in [-0.05, 0) is 50.2 Å². The van der Waals surface area contributed by atoms with Gasteiger partial charge in [-0.25, -0.2) is 14.4 Å². The molecule has 372 valence electrons. The molecular weight excluding hydrogens is 909 g/mol. The lowest BCUT2D eigenvalue weighted by atomic mass is 10.1. The molecule has 0 aromatic heterocycles. The average molecular weight is 965 g/mol. The van der Waals surface area contributed by atoms with Crippen LogP contribution in [0.1, 0.15) is 78.0 Å². The van der Waals surface area contributed by atoms with Gasteiger partial charge in [0.2, 0.25) is 0 Å². The lowest BCUT2D eigenvalue weighted by Gasteiger charge is -2.23. The molecule has 3 aromatic carbocycles. The highest BCUT2D eigenvalue weighted by Gasteiger charge is 2.76. The van der Waals surface area contributed by atoms with Crippen molar-refractivity contribution in [3.05, 3.63) is 108 Å². The van der Waals surface area contributed by atoms with Crippen molar-refractivity contribution >= 4 is 29.8 Å². The highest BCUT2D eigenvalue weighted by molar-refractivity contribution is 5.90. The molecule has 7 fully saturated rings. The fraction of sp³-hybridized carbons (Fsp3) is 0.531. The number of carbonyl (C=O) groups excluding carboxylic acids is 5. The average Bonchev–Trinajstić information content (AvgIpc) is 4.25. The summed E-state index contributed by atoms with van der Waals surface area (Å²) in [5, 5.41) is 19.8. The molecule has 4 heterocycles. The molecule has 3 saturated carbocycles. The Morgan fingerprint density at radius 2 is 0.913 bits per heavy atom. The van der Waals surface area contributed by atoms with Crippen molar-refractivity contribution in [2.75, 3.05) is 21.3 Å². The zero-order valence-corrected chi connectivity index (χ0v) is 39.0. The summed E-state index contributed by atoms with van der Waals surface area (Å²) in [5.74, 6) is -3.16. The third-order valence-electron chi connectivity index (χ3n) is 12.8. The Hall–Kier alpha value is -5.39. The van der Waals surface area contributed by atoms with E-state index < -0.39 is 102 Å². The summed E-state index contributed by atoms with van der Waals surface area (Å²) in [6, 6.07) is 26.0. The molecule has 20 heteroatoms. The molecule has 0 bridgehead atoms. The molecule has 3 aromatic rings. The van der Waals surface area contributed by atoms with Crippen LogP contribution in [0.3, 0.4) is 0 Å². The first-order chi connectivity index (χ1) is 32.9. The lowest BCUT2D eigenvalue weighted by molar-refractivity contribution is -0.236. The van der Waals surface area contributed by atoms with Gasteiger partial charge < -0.3 is 71.8 Å². The number of carbonyl (C=O) groups is 5. The maximum absolute atomic E-state index is 12.3. The second kappa shape index (κ2) is 19.8. The van der Waals surface area contributed by atoms with Crippen LogP contribution in [0.25, 0.3) is 0 Å². The largest absolute Gasteiger partial charge is 0.455 e. The molecule has 3 spiro atoms. The summed E-state index contributed by atoms with van der Waals surface area (Å²) >= 11 is 0. The number of benzene rings is 3. The number of esters is 5. The first kappa shape index (κ1) is 50.0. The third kappa shape index (κ3) is 10.1. The SMILES string of the molecule is CO[C@@H]1O[C@@]2(C[C@H]2OC(=O)c2ccccc2)[C@@H]2OC(C)(C)OC12.CO[C@@H]1O[C@@]2(C[C@H]2OC(=O)c2ccccc2)[C@H](O)C1O.CO[C@@H]1O[C@@]2(C[C@H]2OC(=O)c2ccccc2)[C@H](OC(C)=O)C1OC(C)=O. The number of ether oxygens (including phenoxy) is 13. The van der Waals surface area contributed by atoms with E-state index in [1.165, 1.54) is 28.1 Å². The molecule has 4 aliphatic heterocycles. The van der Waals surface area contributed by atoms with Crippen molar-refractivity contribution in [3.8, 4) is 0 Å². The summed E-state index contributed by atoms with van der Waals surface area (Å²) in [6.45, 7) is 6.20. The Kier molecular flexibility index (Phi) is 14.3. The van der Waals surface area contributed by atoms with Gasteiger partial charge in [0.1, 0.15) is 53.9 Å². The molecule has 3 unspecified atom stereocenters. The van der Waals surface area contributed by atoms with Crippen LogP contribution in [0.2, 0.25) is 0 Å². The van der Waals surface area contributed by atoms with Crippen LogP contribution in [-0.4, -0.2) is 158 Å². The van der Waals surface area contributed by atoms with Crippen LogP contribution in [-0.2, 0) is 71.2 Å². The Balaban J connectivity index is 0.000000141. The Bertz CT molecular complexity index is 2330. The molecule has 0 amide bonds. The van der Waals surface area contributed by atoms with Crippen molar-refractivity contribution in [1.82, 2.24) is 0 Å². The summed E-state index contributed by atoms with van der Waals surface area (Å²) in [7, 11) is 4.34. The number of aliphatic hydroxyl groups excluding tert-OH is 2. The molecule has 69 heavy (non-hydrogen) atoms. The molecule has 15 atom stereocenters. The van der Waals surface area contributed by atoms with Crippen LogP contribution >= 0.6 is 0 Å². The standard InChI is InChI=1S/C18H20O8.C17H20O6.C14H16O6/c1-10(19)23-14-15(24-11(2)20)18(26-17(14)22-3)9-13(18)25-16(21)12-7-5-4-6-8-12;1-16(2)21-12-13(22-16)17(23-15(12)19-3)9-11(17)20-14(18)10-7-5-4-6-8-10;1-18-13-10(15)11(16)14(20-13)7-9(14)19-12(17)8-5-3-2-4-6-8/h4-8,13-15,17H,9H2,1-3H3;4-8,11-13,15H,9H2,1-3H3;2-6,9-11,13,15-16H,7H2,1H3/t13-,14?,15-,17-,18-;11-,12?,13-,15-,17-;9-,10?,11-,13-,14-/m111/s1. The van der Waals surface area contributed by atoms with Gasteiger partial charge in [-0.1, -0.05) is 54.6 Å². The molecule has 4 saturated heterocycles. The number of methoxy groups -OCH3 is 3. The van der Waals surface area contributed by atoms with Gasteiger partial charge in [0.15, 0.2) is 42.5 Å². The van der Waals surface area contributed by atoms with E-state index in [0.717, 1.165) is 0 Å². The Labute approximate surface area is 397 Å². The lowest BCUT2D eigenvalue weighted by Crippen LogP contribution is -2.42. The van der Waals surface area contributed by atoms with Crippen LogP contribution in [0.15, 0.2) is 91.0 Å². The zero-order valence-electron chi connectivity index (χ0n) is 39.0. The van der Waals surface area contributed by atoms with Gasteiger partial charge in [0, 0.05) is 54.4 Å². The van der Waals surface area contributed by atoms with Crippen LogP contribution in [0, 0.1) is 0 Å². The van der Waals surface area contributed by atoms with E-state index in [9.17, 15) is 34.2 Å². The predicted molar refractivity (Wildman–Crippen MR) is 232 cm³/mol. The third-order valence-corrected chi connectivity index (χ3v) is 12.8. The second-order valence-corrected chi connectivity index (χ2v) is 18.0. The molecule has 3 aliphatic carbocycles. The van der Waals surface area contributed by atoms with Crippen molar-refractivity contribution in [1.29, 1.82) is 0 Å². The highest BCUT2D eigenvalue weighted by atomic mass is 16.8. The highest BCUT2D eigenvalue weighted by Crippen LogP contribution is 2.58. The summed E-state index contributed by atoms with van der Waals surface area (Å²) in [4.78, 5) is 59.4. The van der Waals surface area contributed by atoms with Crippen molar-refractivity contribution in [2.24, 2.45) is 0 Å². The van der Waals surface area contributed by atoms with Gasteiger partial charge in [0.05, 0.1) is 16.7 Å². The molecule has 0 radical (unpaired) electrons. The van der Waals surface area contributed by atoms with E-state index in [-0.39, 0.29) is 24.3 Å². The van der Waals surface area contributed by atoms with Crippen molar-refractivity contribution < 1.29 is 95.8 Å². The van der Waals surface area contributed by atoms with Crippen LogP contribution < -0.4 is 0 Å². The fourth-order valence-electron chi connectivity index (χ4n) is 9.20. The van der Waals surface area contributed by atoms with Crippen LogP contribution in [0.4, 0.5) is 0 Å². The van der Waals surface area contributed by atoms with Gasteiger partial charge >= 0.3 is 29.8 Å². The smallest absolute Gasteiger partial charge is 0.338 e. The summed E-state index contributed by atoms with van der Waals surface area (Å²) in [6.07, 6.45) is -7.39. The summed E-state index contributed by atoms with van der Waals surface area (Å²) in [5.41, 5.74) is -1.43. The van der Waals surface area contributed by atoms with Gasteiger partial charge in [-0.3, -0.25) is 9.59 Å². The molecule has 10 rings (SSSR count).